The van der Waals surface area contributed by atoms with Crippen molar-refractivity contribution in [3.8, 4) is 0 Å². The molecular formula is C34H27N. The molecule has 0 aliphatic rings. The van der Waals surface area contributed by atoms with Crippen LogP contribution in [0, 0.1) is 0 Å². The molecule has 0 heterocycles. The van der Waals surface area contributed by atoms with Gasteiger partial charge in [-0.15, -0.1) is 0 Å². The van der Waals surface area contributed by atoms with Crippen LogP contribution in [0.15, 0.2) is 163 Å². The van der Waals surface area contributed by atoms with Crippen molar-refractivity contribution in [3.05, 3.63) is 186 Å². The summed E-state index contributed by atoms with van der Waals surface area (Å²) in [6.07, 6.45) is 4.31. The van der Waals surface area contributed by atoms with Gasteiger partial charge in [0.15, 0.2) is 0 Å². The molecule has 0 unspecified atom stereocenters. The van der Waals surface area contributed by atoms with E-state index in [1.165, 1.54) is 0 Å². The molecule has 0 radical (unpaired) electrons. The second-order valence-corrected chi connectivity index (χ2v) is 8.46. The molecule has 0 aliphatic heterocycles. The van der Waals surface area contributed by atoms with Crippen molar-refractivity contribution in [3.63, 3.8) is 0 Å². The summed E-state index contributed by atoms with van der Waals surface area (Å²) in [5, 5.41) is 0. The second kappa shape index (κ2) is 10.6. The van der Waals surface area contributed by atoms with Crippen LogP contribution in [0.2, 0.25) is 0 Å². The van der Waals surface area contributed by atoms with Crippen molar-refractivity contribution in [2.75, 3.05) is 0 Å². The zero-order valence-corrected chi connectivity index (χ0v) is 19.5. The normalized spacial score (nSPS) is 11.3. The average Bonchev–Trinajstić information content (AvgIpc) is 2.96. The fourth-order valence-electron chi connectivity index (χ4n) is 4.40. The van der Waals surface area contributed by atoms with Crippen molar-refractivity contribution in [2.24, 2.45) is 4.99 Å². The Kier molecular flexibility index (Phi) is 6.77. The van der Waals surface area contributed by atoms with E-state index >= 15 is 0 Å². The number of aliphatic imine (C=N–C) groups is 1. The minimum Gasteiger partial charge on any atom is -0.272 e. The monoisotopic (exact) mass is 449 g/mol. The van der Waals surface area contributed by atoms with Gasteiger partial charge in [-0.1, -0.05) is 152 Å². The number of hydrogen-bond acceptors (Lipinski definition) is 1. The molecule has 0 spiro atoms. The number of nitrogens with zero attached hydrogens (tertiary/aromatic N) is 1. The van der Waals surface area contributed by atoms with E-state index in [1.54, 1.807) is 0 Å². The first kappa shape index (κ1) is 22.3. The molecule has 35 heavy (non-hydrogen) atoms. The summed E-state index contributed by atoms with van der Waals surface area (Å²) >= 11 is 0. The molecule has 5 rings (SSSR count). The van der Waals surface area contributed by atoms with Gasteiger partial charge in [0.2, 0.25) is 0 Å². The molecule has 5 aromatic rings. The Morgan fingerprint density at radius 3 is 1.26 bits per heavy atom. The van der Waals surface area contributed by atoms with Crippen LogP contribution in [0.1, 0.15) is 27.8 Å². The lowest BCUT2D eigenvalue weighted by Crippen LogP contribution is -2.24. The fourth-order valence-corrected chi connectivity index (χ4v) is 4.40. The minimum absolute atomic E-state index is 0.723. The summed E-state index contributed by atoms with van der Waals surface area (Å²) in [6, 6.07) is 52.6. The van der Waals surface area contributed by atoms with Crippen LogP contribution in [0.5, 0.6) is 0 Å². The molecular weight excluding hydrogens is 422 g/mol. The van der Waals surface area contributed by atoms with Gasteiger partial charge in [0.05, 0.1) is 0 Å². The number of hydrogen-bond donors (Lipinski definition) is 0. The summed E-state index contributed by atoms with van der Waals surface area (Å²) in [4.78, 5) is 5.36. The van der Waals surface area contributed by atoms with Crippen LogP contribution in [-0.4, -0.2) is 6.21 Å². The van der Waals surface area contributed by atoms with Crippen molar-refractivity contribution in [1.29, 1.82) is 0 Å². The molecule has 0 aromatic heterocycles. The molecule has 0 amide bonds. The summed E-state index contributed by atoms with van der Waals surface area (Å²) < 4.78 is 0. The van der Waals surface area contributed by atoms with Crippen LogP contribution in [0.3, 0.4) is 0 Å². The van der Waals surface area contributed by atoms with E-state index in [0.717, 1.165) is 33.4 Å². The van der Waals surface area contributed by atoms with Gasteiger partial charge < -0.3 is 0 Å². The fraction of sp³-hybridized carbons (Fsp3) is 0.0294. The highest BCUT2D eigenvalue weighted by Gasteiger charge is 2.32. The lowest BCUT2D eigenvalue weighted by atomic mass is 9.79. The van der Waals surface area contributed by atoms with Gasteiger partial charge >= 0.3 is 0 Å². The second-order valence-electron chi connectivity index (χ2n) is 8.46. The third-order valence-electron chi connectivity index (χ3n) is 6.17. The Bertz CT molecular complexity index is 1310. The van der Waals surface area contributed by atoms with Crippen LogP contribution < -0.4 is 0 Å². The zero-order chi connectivity index (χ0) is 23.8. The summed E-state index contributed by atoms with van der Waals surface area (Å²) in [5.74, 6) is 0. The summed E-state index contributed by atoms with van der Waals surface area (Å²) in [5.41, 5.74) is 6.03. The van der Waals surface area contributed by atoms with E-state index in [9.17, 15) is 0 Å². The Morgan fingerprint density at radius 2 is 0.829 bits per heavy atom. The molecule has 0 bridgehead atoms. The molecule has 0 atom stereocenters. The zero-order valence-electron chi connectivity index (χ0n) is 19.5. The van der Waals surface area contributed by atoms with Crippen LogP contribution in [0.25, 0.3) is 5.57 Å². The molecule has 1 nitrogen and oxygen atoms in total. The van der Waals surface area contributed by atoms with E-state index in [1.807, 2.05) is 24.4 Å². The van der Waals surface area contributed by atoms with E-state index in [2.05, 4.69) is 140 Å². The van der Waals surface area contributed by atoms with Gasteiger partial charge in [-0.25, -0.2) is 0 Å². The maximum absolute atomic E-state index is 5.36. The molecule has 168 valence electrons. The first-order chi connectivity index (χ1) is 17.4. The molecule has 0 aliphatic carbocycles. The van der Waals surface area contributed by atoms with E-state index in [0.29, 0.717) is 0 Å². The van der Waals surface area contributed by atoms with Crippen LogP contribution >= 0.6 is 0 Å². The van der Waals surface area contributed by atoms with E-state index in [4.69, 9.17) is 4.99 Å². The van der Waals surface area contributed by atoms with Crippen LogP contribution in [0.4, 0.5) is 0 Å². The van der Waals surface area contributed by atoms with Gasteiger partial charge in [-0.2, -0.15) is 0 Å². The highest BCUT2D eigenvalue weighted by molar-refractivity contribution is 5.84. The lowest BCUT2D eigenvalue weighted by molar-refractivity contribution is 0.690. The lowest BCUT2D eigenvalue weighted by Gasteiger charge is -2.30. The van der Waals surface area contributed by atoms with Crippen molar-refractivity contribution >= 4 is 11.8 Å². The van der Waals surface area contributed by atoms with Crippen molar-refractivity contribution < 1.29 is 0 Å². The summed E-state index contributed by atoms with van der Waals surface area (Å²) in [7, 11) is 0. The quantitative estimate of drug-likeness (QED) is 0.222. The molecule has 0 N–H and O–H groups in total. The third-order valence-corrected chi connectivity index (χ3v) is 6.17. The van der Waals surface area contributed by atoms with E-state index < -0.39 is 5.54 Å². The Balaban J connectivity index is 1.83. The van der Waals surface area contributed by atoms with Gasteiger partial charge in [-0.05, 0) is 39.5 Å². The smallest absolute Gasteiger partial charge is 0.130 e. The first-order valence-corrected chi connectivity index (χ1v) is 11.9. The van der Waals surface area contributed by atoms with Crippen LogP contribution in [-0.2, 0) is 5.54 Å². The Labute approximate surface area is 207 Å². The molecule has 1 heteroatoms. The Morgan fingerprint density at radius 1 is 0.457 bits per heavy atom. The largest absolute Gasteiger partial charge is 0.272 e. The molecule has 0 saturated carbocycles. The van der Waals surface area contributed by atoms with Gasteiger partial charge in [0, 0.05) is 6.21 Å². The van der Waals surface area contributed by atoms with Crippen molar-refractivity contribution in [2.45, 2.75) is 5.54 Å². The number of benzene rings is 5. The van der Waals surface area contributed by atoms with Gasteiger partial charge in [0.25, 0.3) is 0 Å². The Hall–Kier alpha value is -4.49. The molecule has 0 fully saturated rings. The van der Waals surface area contributed by atoms with Gasteiger partial charge in [0.1, 0.15) is 5.54 Å². The topological polar surface area (TPSA) is 12.4 Å². The highest BCUT2D eigenvalue weighted by Crippen LogP contribution is 2.39. The average molecular weight is 450 g/mol. The van der Waals surface area contributed by atoms with E-state index in [-0.39, 0.29) is 0 Å². The highest BCUT2D eigenvalue weighted by atomic mass is 14.9. The summed E-state index contributed by atoms with van der Waals surface area (Å²) in [6.45, 7) is 0. The molecule has 0 saturated heterocycles. The third kappa shape index (κ3) is 5.05. The van der Waals surface area contributed by atoms with Gasteiger partial charge in [-0.3, -0.25) is 4.99 Å². The maximum Gasteiger partial charge on any atom is 0.130 e. The first-order valence-electron chi connectivity index (χ1n) is 11.9. The van der Waals surface area contributed by atoms with Crippen molar-refractivity contribution in [1.82, 2.24) is 0 Å². The standard InChI is InChI=1S/C34H27N/c1-6-16-28(17-7-1)27-35-34(31-22-12-4-13-23-31,32-24-14-5-15-25-32)26-33(29-18-8-2-9-19-29)30-20-10-3-11-21-30/h1-27H. The predicted octanol–water partition coefficient (Wildman–Crippen LogP) is 8.18. The number of rotatable bonds is 7. The minimum atomic E-state index is -0.723. The SMILES string of the molecule is C(=NC(C=C(c1ccccc1)c1ccccc1)(c1ccccc1)c1ccccc1)c1ccccc1. The maximum atomic E-state index is 5.36. The molecule has 5 aromatic carbocycles. The predicted molar refractivity (Wildman–Crippen MR) is 148 cm³/mol.